The minimum Gasteiger partial charge on any atom is -0.508 e. The Morgan fingerprint density at radius 2 is 1.07 bits per heavy atom. The number of nitrogens with two attached hydrogens (primary N) is 3. The number of aromatic amines is 1. The van der Waals surface area contributed by atoms with E-state index in [9.17, 15) is 83.1 Å². The highest BCUT2D eigenvalue weighted by Gasteiger charge is 2.37. The predicted molar refractivity (Wildman–Crippen MR) is 258 cm³/mol. The molecule has 0 bridgehead atoms. The summed E-state index contributed by atoms with van der Waals surface area (Å²) in [5.41, 5.74) is 16.7. The number of carbonyl (C=O) groups excluding carboxylic acids is 10. The van der Waals surface area contributed by atoms with Gasteiger partial charge in [-0.1, -0.05) is 46.2 Å². The number of aromatic nitrogens is 2. The molecule has 30 nitrogen and oxygen atoms in total. The quantitative estimate of drug-likeness (QED) is 0.0316. The summed E-state index contributed by atoms with van der Waals surface area (Å²) >= 11 is 0. The maximum atomic E-state index is 14.1. The number of aliphatic carboxylic acids is 2. The first-order chi connectivity index (χ1) is 35.2. The number of primary amides is 2. The molecule has 2 aromatic rings. The molecule has 0 aliphatic rings. The number of rotatable bonds is 33. The molecule has 30 heteroatoms. The van der Waals surface area contributed by atoms with Crippen LogP contribution in [0, 0.1) is 11.8 Å². The number of carbonyl (C=O) groups is 12. The van der Waals surface area contributed by atoms with E-state index in [4.69, 9.17) is 17.2 Å². The van der Waals surface area contributed by atoms with E-state index in [1.54, 1.807) is 13.8 Å². The van der Waals surface area contributed by atoms with E-state index >= 15 is 0 Å². The molecular formula is C45H67N13O17. The van der Waals surface area contributed by atoms with Gasteiger partial charge in [-0.05, 0) is 36.0 Å². The second kappa shape index (κ2) is 30.7. The second-order valence-electron chi connectivity index (χ2n) is 17.7. The maximum Gasteiger partial charge on any atom is 0.326 e. The van der Waals surface area contributed by atoms with E-state index in [1.165, 1.54) is 50.6 Å². The first-order valence-electron chi connectivity index (χ1n) is 23.4. The lowest BCUT2D eigenvalue weighted by Crippen LogP contribution is -2.62. The molecule has 2 rings (SSSR count). The number of phenols is 1. The Labute approximate surface area is 428 Å². The topological polar surface area (TPSA) is 509 Å². The number of aliphatic hydroxyl groups is 2. The SMILES string of the molecule is CC[C@H](C)[C@H](NC(=O)[C@H](CCC(N)=O)NC(=O)[C@@H](NC(=O)[C@H](Cc1cnc[nH]1)NC(=O)[C@H](CO)NC(=O)[C@H](CC(=O)O)NC(=O)[C@@H](N)CC(N)=O)C(C)C)C(=O)N[C@@H](CO)C(=O)N[C@@H](Cc1ccc(O)cc1)C(=O)O. The summed E-state index contributed by atoms with van der Waals surface area (Å²) < 4.78 is 0. The number of aromatic hydroxyl groups is 1. The minimum atomic E-state index is -1.89. The monoisotopic (exact) mass is 1060 g/mol. The van der Waals surface area contributed by atoms with Crippen LogP contribution in [0.3, 0.4) is 0 Å². The molecule has 0 saturated carbocycles. The van der Waals surface area contributed by atoms with Crippen LogP contribution >= 0.6 is 0 Å². The molecule has 10 amide bonds. The van der Waals surface area contributed by atoms with Gasteiger partial charge in [-0.3, -0.25) is 52.7 Å². The molecule has 0 fully saturated rings. The Kier molecular flexibility index (Phi) is 25.7. The van der Waals surface area contributed by atoms with Gasteiger partial charge in [0.25, 0.3) is 0 Å². The lowest BCUT2D eigenvalue weighted by atomic mass is 9.96. The lowest BCUT2D eigenvalue weighted by Gasteiger charge is -2.30. The third-order valence-corrected chi connectivity index (χ3v) is 11.4. The molecule has 0 spiro atoms. The molecule has 20 N–H and O–H groups in total. The Morgan fingerprint density at radius 1 is 0.587 bits per heavy atom. The van der Waals surface area contributed by atoms with Crippen LogP contribution in [0.15, 0.2) is 36.8 Å². The van der Waals surface area contributed by atoms with Crippen molar-refractivity contribution in [3.63, 3.8) is 0 Å². The number of H-pyrrole nitrogens is 1. The summed E-state index contributed by atoms with van der Waals surface area (Å²) in [4.78, 5) is 162. The second-order valence-corrected chi connectivity index (χ2v) is 17.7. The Hall–Kier alpha value is -8.25. The summed E-state index contributed by atoms with van der Waals surface area (Å²) in [7, 11) is 0. The summed E-state index contributed by atoms with van der Waals surface area (Å²) in [5.74, 6) is -15.3. The van der Waals surface area contributed by atoms with Crippen molar-refractivity contribution in [1.82, 2.24) is 52.5 Å². The van der Waals surface area contributed by atoms with E-state index in [1.807, 2.05) is 5.32 Å². The predicted octanol–water partition coefficient (Wildman–Crippen LogP) is -6.51. The molecule has 10 atom stereocenters. The zero-order valence-corrected chi connectivity index (χ0v) is 41.5. The smallest absolute Gasteiger partial charge is 0.326 e. The van der Waals surface area contributed by atoms with Gasteiger partial charge in [0.15, 0.2) is 0 Å². The van der Waals surface area contributed by atoms with Gasteiger partial charge >= 0.3 is 11.9 Å². The van der Waals surface area contributed by atoms with Crippen molar-refractivity contribution < 1.29 is 83.1 Å². The molecule has 1 heterocycles. The molecule has 0 aliphatic heterocycles. The van der Waals surface area contributed by atoms with Gasteiger partial charge in [-0.15, -0.1) is 0 Å². The van der Waals surface area contributed by atoms with Crippen LogP contribution < -0.4 is 59.7 Å². The summed E-state index contributed by atoms with van der Waals surface area (Å²) in [6, 6.07) is -9.39. The molecule has 1 aromatic heterocycles. The molecule has 0 unspecified atom stereocenters. The third-order valence-electron chi connectivity index (χ3n) is 11.4. The largest absolute Gasteiger partial charge is 0.508 e. The number of benzene rings is 1. The highest BCUT2D eigenvalue weighted by Crippen LogP contribution is 2.14. The van der Waals surface area contributed by atoms with E-state index in [2.05, 4.69) is 47.2 Å². The van der Waals surface area contributed by atoms with Crippen molar-refractivity contribution in [2.24, 2.45) is 29.0 Å². The fourth-order valence-corrected chi connectivity index (χ4v) is 6.89. The zero-order valence-electron chi connectivity index (χ0n) is 41.5. The van der Waals surface area contributed by atoms with Crippen molar-refractivity contribution in [2.45, 2.75) is 127 Å². The molecule has 0 saturated heterocycles. The lowest BCUT2D eigenvalue weighted by molar-refractivity contribution is -0.142. The number of carboxylic acid groups (broad SMARTS) is 2. The minimum absolute atomic E-state index is 0.0846. The highest BCUT2D eigenvalue weighted by molar-refractivity contribution is 5.99. The standard InChI is InChI=1S/C45H67N13O17/c1-5-21(4)36(44(73)56-31(18-60)42(71)54-29(45(74)75)12-22-6-8-24(61)9-7-22)58-38(67)26(10-11-32(47)62)51-43(72)35(20(2)3)57-40(69)27(13-23-16-49-19-50-23)53-41(70)30(17-59)55-39(68)28(15-34(64)65)52-37(66)25(46)14-33(48)63/h6-9,16,19-21,25-31,35-36,59-61H,5,10-15,17-18,46H2,1-4H3,(H2,47,62)(H2,48,63)(H,49,50)(H,51,72)(H,52,66)(H,53,70)(H,54,71)(H,55,68)(H,56,73)(H,57,69)(H,58,67)(H,64,65)(H,74,75)/t21-,25-,26-,27-,28-,29-,30-,31-,35-,36-/m0/s1. The van der Waals surface area contributed by atoms with Gasteiger partial charge in [-0.25, -0.2) is 9.78 Å². The van der Waals surface area contributed by atoms with E-state index in [0.29, 0.717) is 5.56 Å². The highest BCUT2D eigenvalue weighted by atomic mass is 16.4. The number of hydrogen-bond donors (Lipinski definition) is 17. The average molecular weight is 1060 g/mol. The number of nitrogens with zero attached hydrogens (tertiary/aromatic N) is 1. The van der Waals surface area contributed by atoms with Gasteiger partial charge in [0.05, 0.1) is 38.4 Å². The van der Waals surface area contributed by atoms with Crippen LogP contribution in [0.4, 0.5) is 0 Å². The fourth-order valence-electron chi connectivity index (χ4n) is 6.89. The maximum absolute atomic E-state index is 14.1. The van der Waals surface area contributed by atoms with E-state index < -0.39 is 176 Å². The number of imidazole rings is 1. The van der Waals surface area contributed by atoms with Gasteiger partial charge in [-0.2, -0.15) is 0 Å². The summed E-state index contributed by atoms with van der Waals surface area (Å²) in [5, 5.41) is 67.4. The first-order valence-corrected chi connectivity index (χ1v) is 23.4. The number of amides is 10. The summed E-state index contributed by atoms with van der Waals surface area (Å²) in [6.07, 6.45) is -0.454. The van der Waals surface area contributed by atoms with Crippen LogP contribution in [0.5, 0.6) is 5.75 Å². The summed E-state index contributed by atoms with van der Waals surface area (Å²) in [6.45, 7) is 4.06. The first kappa shape index (κ1) is 62.9. The zero-order chi connectivity index (χ0) is 56.7. The van der Waals surface area contributed by atoms with Crippen molar-refractivity contribution in [3.05, 3.63) is 48.0 Å². The molecule has 75 heavy (non-hydrogen) atoms. The van der Waals surface area contributed by atoms with E-state index in [0.717, 1.165) is 0 Å². The van der Waals surface area contributed by atoms with Crippen LogP contribution in [0.25, 0.3) is 0 Å². The average Bonchev–Trinajstić information content (AvgIpc) is 3.86. The normalized spacial score (nSPS) is 15.0. The number of aliphatic hydroxyl groups excluding tert-OH is 2. The molecule has 1 aromatic carbocycles. The Bertz CT molecular complexity index is 2330. The number of carboxylic acids is 2. The number of nitrogens with one attached hydrogen (secondary N) is 9. The van der Waals surface area contributed by atoms with Gasteiger partial charge in [0, 0.05) is 31.2 Å². The van der Waals surface area contributed by atoms with Crippen LogP contribution in [0.2, 0.25) is 0 Å². The van der Waals surface area contributed by atoms with Crippen molar-refractivity contribution in [2.75, 3.05) is 13.2 Å². The van der Waals surface area contributed by atoms with Gasteiger partial charge < -0.3 is 90.3 Å². The van der Waals surface area contributed by atoms with Crippen molar-refractivity contribution in [1.29, 1.82) is 0 Å². The van der Waals surface area contributed by atoms with Crippen molar-refractivity contribution >= 4 is 71.0 Å². The van der Waals surface area contributed by atoms with Crippen LogP contribution in [0.1, 0.15) is 71.1 Å². The van der Waals surface area contributed by atoms with Crippen LogP contribution in [-0.2, 0) is 70.4 Å². The molecular weight excluding hydrogens is 995 g/mol. The number of hydrogen-bond acceptors (Lipinski definition) is 17. The molecule has 0 radical (unpaired) electrons. The van der Waals surface area contributed by atoms with Gasteiger partial charge in [0.2, 0.25) is 59.1 Å². The van der Waals surface area contributed by atoms with Gasteiger partial charge in [0.1, 0.15) is 54.1 Å². The fraction of sp³-hybridized carbons (Fsp3) is 0.533. The van der Waals surface area contributed by atoms with Crippen LogP contribution in [-0.4, -0.2) is 174 Å². The van der Waals surface area contributed by atoms with Crippen molar-refractivity contribution in [3.8, 4) is 5.75 Å². The third kappa shape index (κ3) is 21.4. The Morgan fingerprint density at radius 3 is 1.56 bits per heavy atom. The molecule has 0 aliphatic carbocycles. The Balaban J connectivity index is 2.34. The molecule has 414 valence electrons. The number of phenolic OH excluding ortho intramolecular Hbond substituents is 1. The van der Waals surface area contributed by atoms with E-state index in [-0.39, 0.29) is 30.7 Å².